The van der Waals surface area contributed by atoms with Crippen molar-refractivity contribution in [2.24, 2.45) is 0 Å². The molecule has 0 aromatic carbocycles. The van der Waals surface area contributed by atoms with Crippen LogP contribution < -0.4 is 69.2 Å². The molecule has 19 heavy (non-hydrogen) atoms. The Morgan fingerprint density at radius 1 is 0.947 bits per heavy atom. The Morgan fingerprint density at radius 2 is 1.32 bits per heavy atom. The molecule has 0 spiro atoms. The van der Waals surface area contributed by atoms with E-state index in [4.69, 9.17) is 0 Å². The van der Waals surface area contributed by atoms with Gasteiger partial charge >= 0.3 is 71.0 Å². The van der Waals surface area contributed by atoms with Crippen LogP contribution in [-0.4, -0.2) is 30.7 Å². The molecule has 0 fully saturated rings. The van der Waals surface area contributed by atoms with Crippen LogP contribution in [0, 0.1) is 0 Å². The van der Waals surface area contributed by atoms with Crippen molar-refractivity contribution in [2.75, 3.05) is 0 Å². The Kier molecular flexibility index (Phi) is 7.69. The Morgan fingerprint density at radius 3 is 1.63 bits per heavy atom. The van der Waals surface area contributed by atoms with Crippen LogP contribution in [0.5, 0.6) is 0 Å². The summed E-state index contributed by atoms with van der Waals surface area (Å²) >= 11 is 0. The van der Waals surface area contributed by atoms with Crippen molar-refractivity contribution in [2.45, 2.75) is 23.6 Å². The summed E-state index contributed by atoms with van der Waals surface area (Å²) in [6.07, 6.45) is -4.47. The molecule has 2 atom stereocenters. The number of allylic oxidation sites excluding steroid dienone is 2. The maximum Gasteiger partial charge on any atom is 1.00 e. The monoisotopic (exact) mass is 314 g/mol. The summed E-state index contributed by atoms with van der Waals surface area (Å²) in [6, 6.07) is 0. The second-order valence-corrected chi connectivity index (χ2v) is 3.27. The van der Waals surface area contributed by atoms with E-state index < -0.39 is 42.4 Å². The molecule has 0 N–H and O–H groups in total. The van der Waals surface area contributed by atoms with Gasteiger partial charge in [-0.15, -0.1) is 0 Å². The van der Waals surface area contributed by atoms with Crippen LogP contribution in [0.15, 0.2) is 11.7 Å². The molecule has 0 aromatic rings. The first-order chi connectivity index (χ1) is 7.42. The molecule has 0 saturated heterocycles. The van der Waals surface area contributed by atoms with Crippen molar-refractivity contribution in [3.8, 4) is 0 Å². The Hall–Kier alpha value is 1.16. The molecule has 1 rings (SSSR count). The summed E-state index contributed by atoms with van der Waals surface area (Å²) in [7, 11) is -4.50. The molecule has 1 aliphatic rings. The Bertz CT molecular complexity index is 378. The summed E-state index contributed by atoms with van der Waals surface area (Å²) in [6.45, 7) is 0. The van der Waals surface area contributed by atoms with E-state index in [9.17, 15) is 45.2 Å². The summed E-state index contributed by atoms with van der Waals surface area (Å²) in [5.74, 6) is -19.0. The molecule has 0 amide bonds. The van der Waals surface area contributed by atoms with Crippen LogP contribution in [0.1, 0.15) is 0 Å². The number of rotatable bonds is 1. The van der Waals surface area contributed by atoms with E-state index in [0.717, 1.165) is 0 Å². The summed E-state index contributed by atoms with van der Waals surface area (Å²) in [4.78, 5) is 0. The number of alkyl halides is 6. The Labute approximate surface area is 146 Å². The SMILES string of the molecule is [Na+].[Na+].[O-]B([O-])C1(F)C(F)=C(F)C(F)C(F)(F)C1(F)F. The molecule has 0 heterocycles. The van der Waals surface area contributed by atoms with Crippen LogP contribution >= 0.6 is 0 Å². The van der Waals surface area contributed by atoms with Gasteiger partial charge in [0.25, 0.3) is 0 Å². The standard InChI is InChI=1S/C6HBF8O2.2Na/c8-1-2(9)4(11,7(16)17)6(14,15)5(12,13)3(1)10;;/h3H;;/q-2;2*+1. The Balaban J connectivity index is 0. The minimum atomic E-state index is -6.30. The molecule has 2 nitrogen and oxygen atoms in total. The molecule has 2 unspecified atom stereocenters. The zero-order valence-corrected chi connectivity index (χ0v) is 13.5. The van der Waals surface area contributed by atoms with E-state index in [2.05, 4.69) is 0 Å². The third kappa shape index (κ3) is 2.77. The molecular formula is C6HBF8Na2O2. The van der Waals surface area contributed by atoms with Gasteiger partial charge in [-0.3, -0.25) is 0 Å². The van der Waals surface area contributed by atoms with Crippen LogP contribution in [0.2, 0.25) is 0 Å². The first-order valence-corrected chi connectivity index (χ1v) is 3.88. The maximum atomic E-state index is 13.1. The maximum absolute atomic E-state index is 13.1. The minimum Gasteiger partial charge on any atom is -0.890 e. The predicted octanol–water partition coefficient (Wildman–Crippen LogP) is -5.78. The van der Waals surface area contributed by atoms with Gasteiger partial charge in [0, 0.05) is 0 Å². The second-order valence-electron chi connectivity index (χ2n) is 3.27. The molecule has 0 aromatic heterocycles. The molecule has 0 aliphatic heterocycles. The normalized spacial score (nSPS) is 32.2. The van der Waals surface area contributed by atoms with Gasteiger partial charge in [-0.25, -0.2) is 17.6 Å². The topological polar surface area (TPSA) is 46.1 Å². The largest absolute Gasteiger partial charge is 1.00 e. The first-order valence-electron chi connectivity index (χ1n) is 3.88. The molecule has 98 valence electrons. The zero-order valence-electron chi connectivity index (χ0n) is 9.49. The molecule has 1 aliphatic carbocycles. The van der Waals surface area contributed by atoms with E-state index in [1.807, 2.05) is 0 Å². The van der Waals surface area contributed by atoms with E-state index in [1.54, 1.807) is 0 Å². The smallest absolute Gasteiger partial charge is 0.890 e. The van der Waals surface area contributed by atoms with Crippen molar-refractivity contribution in [3.63, 3.8) is 0 Å². The van der Waals surface area contributed by atoms with Gasteiger partial charge in [0.15, 0.2) is 17.2 Å². The van der Waals surface area contributed by atoms with E-state index in [0.29, 0.717) is 0 Å². The van der Waals surface area contributed by atoms with Crippen molar-refractivity contribution in [1.82, 2.24) is 0 Å². The van der Waals surface area contributed by atoms with Crippen molar-refractivity contribution < 1.29 is 104 Å². The fourth-order valence-corrected chi connectivity index (χ4v) is 1.24. The van der Waals surface area contributed by atoms with Crippen LogP contribution in [0.3, 0.4) is 0 Å². The van der Waals surface area contributed by atoms with E-state index in [1.165, 1.54) is 0 Å². The number of hydrogen-bond donors (Lipinski definition) is 0. The van der Waals surface area contributed by atoms with E-state index >= 15 is 0 Å². The van der Waals surface area contributed by atoms with Crippen LogP contribution in [0.25, 0.3) is 0 Å². The van der Waals surface area contributed by atoms with Gasteiger partial charge in [0.2, 0.25) is 6.17 Å². The summed E-state index contributed by atoms with van der Waals surface area (Å²) < 4.78 is 101. The van der Waals surface area contributed by atoms with Crippen molar-refractivity contribution in [3.05, 3.63) is 11.7 Å². The second kappa shape index (κ2) is 6.51. The molecule has 0 saturated carbocycles. The van der Waals surface area contributed by atoms with Gasteiger partial charge in [-0.05, 0) is 7.12 Å². The van der Waals surface area contributed by atoms with Gasteiger partial charge in [-0.2, -0.15) is 17.6 Å². The fourth-order valence-electron chi connectivity index (χ4n) is 1.24. The summed E-state index contributed by atoms with van der Waals surface area (Å²) in [5, 5.41) is 20.1. The fraction of sp³-hybridized carbons (Fsp3) is 0.667. The predicted molar refractivity (Wildman–Crippen MR) is 33.6 cm³/mol. The van der Waals surface area contributed by atoms with Crippen LogP contribution in [0.4, 0.5) is 35.1 Å². The van der Waals surface area contributed by atoms with Crippen molar-refractivity contribution >= 4 is 7.12 Å². The van der Waals surface area contributed by atoms with Gasteiger partial charge in [-0.1, -0.05) is 0 Å². The molecule has 0 radical (unpaired) electrons. The van der Waals surface area contributed by atoms with Gasteiger partial charge in [0.05, 0.1) is 0 Å². The van der Waals surface area contributed by atoms with E-state index in [-0.39, 0.29) is 59.1 Å². The first kappa shape index (κ1) is 22.4. The molecule has 13 heteroatoms. The third-order valence-electron chi connectivity index (χ3n) is 2.27. The average Bonchev–Trinajstić information content (AvgIpc) is 2.22. The average molecular weight is 314 g/mol. The van der Waals surface area contributed by atoms with Gasteiger partial charge in [0.1, 0.15) is 0 Å². The number of halogens is 8. The summed E-state index contributed by atoms with van der Waals surface area (Å²) in [5.41, 5.74) is -5.68. The van der Waals surface area contributed by atoms with Crippen molar-refractivity contribution in [1.29, 1.82) is 0 Å². The molecular weight excluding hydrogens is 313 g/mol. The zero-order chi connectivity index (χ0) is 13.8. The minimum absolute atomic E-state index is 0. The quantitative estimate of drug-likeness (QED) is 0.358. The van der Waals surface area contributed by atoms with Crippen LogP contribution in [-0.2, 0) is 0 Å². The van der Waals surface area contributed by atoms with Gasteiger partial charge < -0.3 is 10.0 Å². The molecule has 0 bridgehead atoms. The third-order valence-corrected chi connectivity index (χ3v) is 2.27. The number of hydrogen-bond acceptors (Lipinski definition) is 2.